The first-order valence-corrected chi connectivity index (χ1v) is 6.74. The molecule has 3 rings (SSSR count). The Bertz CT molecular complexity index is 725. The van der Waals surface area contributed by atoms with Crippen LogP contribution in [0.5, 0.6) is 0 Å². The fourth-order valence-corrected chi connectivity index (χ4v) is 2.44. The number of rotatable bonds is 3. The van der Waals surface area contributed by atoms with Crippen molar-refractivity contribution < 1.29 is 0 Å². The van der Waals surface area contributed by atoms with Gasteiger partial charge in [0.1, 0.15) is 5.00 Å². The maximum Gasteiger partial charge on any atom is 0.369 e. The largest absolute Gasteiger partial charge is 0.369 e. The van der Waals surface area contributed by atoms with Gasteiger partial charge >= 0.3 is 5.69 Å². The maximum absolute atomic E-state index is 12.1. The Labute approximate surface area is 113 Å². The third kappa shape index (κ3) is 2.34. The number of aryl methyl sites for hydroxylation is 1. The van der Waals surface area contributed by atoms with Gasteiger partial charge in [0.05, 0.1) is 6.54 Å². The molecule has 2 aromatic heterocycles. The number of tetrazole rings is 1. The van der Waals surface area contributed by atoms with Crippen molar-refractivity contribution in [1.29, 1.82) is 0 Å². The SMILES string of the molecule is Cc1ccc(Cn2nnn(-c3cccs3)c2=O)cc1. The van der Waals surface area contributed by atoms with E-state index in [-0.39, 0.29) is 5.69 Å². The van der Waals surface area contributed by atoms with E-state index in [4.69, 9.17) is 0 Å². The summed E-state index contributed by atoms with van der Waals surface area (Å²) in [6, 6.07) is 11.7. The van der Waals surface area contributed by atoms with Crippen LogP contribution in [0.3, 0.4) is 0 Å². The van der Waals surface area contributed by atoms with Crippen LogP contribution in [0.4, 0.5) is 0 Å². The fraction of sp³-hybridized carbons (Fsp3) is 0.154. The molecule has 96 valence electrons. The number of aromatic nitrogens is 4. The molecular weight excluding hydrogens is 260 g/mol. The van der Waals surface area contributed by atoms with Crippen molar-refractivity contribution in [3.63, 3.8) is 0 Å². The van der Waals surface area contributed by atoms with Gasteiger partial charge in [-0.3, -0.25) is 0 Å². The molecule has 0 bridgehead atoms. The van der Waals surface area contributed by atoms with Gasteiger partial charge in [0.2, 0.25) is 0 Å². The van der Waals surface area contributed by atoms with Crippen molar-refractivity contribution >= 4 is 11.3 Å². The molecule has 0 aliphatic carbocycles. The minimum atomic E-state index is -0.219. The van der Waals surface area contributed by atoms with Gasteiger partial charge in [-0.25, -0.2) is 4.79 Å². The van der Waals surface area contributed by atoms with Crippen LogP contribution in [-0.2, 0) is 6.54 Å². The fourth-order valence-electron chi connectivity index (χ4n) is 1.77. The molecular formula is C13H12N4OS. The van der Waals surface area contributed by atoms with E-state index in [0.29, 0.717) is 6.54 Å². The molecule has 0 spiro atoms. The highest BCUT2D eigenvalue weighted by Crippen LogP contribution is 2.10. The summed E-state index contributed by atoms with van der Waals surface area (Å²) in [5, 5.41) is 10.5. The zero-order valence-corrected chi connectivity index (χ0v) is 11.2. The predicted octanol–water partition coefficient (Wildman–Crippen LogP) is 1.85. The third-order valence-electron chi connectivity index (χ3n) is 2.81. The van der Waals surface area contributed by atoms with E-state index in [0.717, 1.165) is 10.6 Å². The molecule has 0 saturated heterocycles. The molecule has 0 aliphatic rings. The number of hydrogen-bond acceptors (Lipinski definition) is 4. The number of benzene rings is 1. The average molecular weight is 272 g/mol. The first-order valence-electron chi connectivity index (χ1n) is 5.86. The predicted molar refractivity (Wildman–Crippen MR) is 73.8 cm³/mol. The number of thiophene rings is 1. The summed E-state index contributed by atoms with van der Waals surface area (Å²) in [4.78, 5) is 12.1. The number of hydrogen-bond donors (Lipinski definition) is 0. The van der Waals surface area contributed by atoms with Crippen LogP contribution in [0.25, 0.3) is 5.00 Å². The lowest BCUT2D eigenvalue weighted by molar-refractivity contribution is 0.632. The first kappa shape index (κ1) is 11.9. The Balaban J connectivity index is 1.91. The lowest BCUT2D eigenvalue weighted by atomic mass is 10.1. The second-order valence-corrected chi connectivity index (χ2v) is 5.19. The lowest BCUT2D eigenvalue weighted by Gasteiger charge is -1.99. The summed E-state index contributed by atoms with van der Waals surface area (Å²) >= 11 is 1.46. The minimum absolute atomic E-state index is 0.219. The van der Waals surface area contributed by atoms with Gasteiger partial charge in [-0.1, -0.05) is 29.8 Å². The highest BCUT2D eigenvalue weighted by Gasteiger charge is 2.09. The molecule has 5 nitrogen and oxygen atoms in total. The second kappa shape index (κ2) is 4.81. The molecule has 1 aromatic carbocycles. The van der Waals surface area contributed by atoms with E-state index < -0.39 is 0 Å². The minimum Gasteiger partial charge on any atom is -0.244 e. The molecule has 0 unspecified atom stereocenters. The van der Waals surface area contributed by atoms with Gasteiger partial charge in [0, 0.05) is 0 Å². The van der Waals surface area contributed by atoms with Crippen molar-refractivity contribution in [2.45, 2.75) is 13.5 Å². The van der Waals surface area contributed by atoms with Gasteiger partial charge < -0.3 is 0 Å². The highest BCUT2D eigenvalue weighted by molar-refractivity contribution is 7.12. The van der Waals surface area contributed by atoms with Crippen molar-refractivity contribution in [2.24, 2.45) is 0 Å². The van der Waals surface area contributed by atoms with E-state index in [2.05, 4.69) is 10.4 Å². The van der Waals surface area contributed by atoms with Crippen molar-refractivity contribution in [1.82, 2.24) is 19.8 Å². The standard InChI is InChI=1S/C13H12N4OS/c1-10-4-6-11(7-5-10)9-16-13(18)17(15-14-16)12-3-2-8-19-12/h2-8H,9H2,1H3. The zero-order valence-electron chi connectivity index (χ0n) is 10.4. The molecule has 6 heteroatoms. The summed E-state index contributed by atoms with van der Waals surface area (Å²) in [5.74, 6) is 0. The lowest BCUT2D eigenvalue weighted by Crippen LogP contribution is -2.24. The monoisotopic (exact) mass is 272 g/mol. The Morgan fingerprint density at radius 1 is 1.16 bits per heavy atom. The summed E-state index contributed by atoms with van der Waals surface area (Å²) in [6.07, 6.45) is 0. The quantitative estimate of drug-likeness (QED) is 0.731. The van der Waals surface area contributed by atoms with Crippen LogP contribution in [0.1, 0.15) is 11.1 Å². The molecule has 0 saturated carbocycles. The molecule has 2 heterocycles. The average Bonchev–Trinajstić information content (AvgIpc) is 3.03. The Morgan fingerprint density at radius 3 is 2.63 bits per heavy atom. The molecule has 0 atom stereocenters. The van der Waals surface area contributed by atoms with Gasteiger partial charge in [-0.15, -0.1) is 11.3 Å². The Hall–Kier alpha value is -2.21. The van der Waals surface area contributed by atoms with Crippen molar-refractivity contribution in [2.75, 3.05) is 0 Å². The molecule has 0 N–H and O–H groups in total. The van der Waals surface area contributed by atoms with Gasteiger partial charge in [-0.05, 0) is 40.4 Å². The third-order valence-corrected chi connectivity index (χ3v) is 3.65. The van der Waals surface area contributed by atoms with E-state index in [1.807, 2.05) is 48.7 Å². The van der Waals surface area contributed by atoms with E-state index in [1.165, 1.54) is 26.3 Å². The van der Waals surface area contributed by atoms with E-state index >= 15 is 0 Å². The second-order valence-electron chi connectivity index (χ2n) is 4.27. The van der Waals surface area contributed by atoms with Crippen LogP contribution in [-0.4, -0.2) is 19.8 Å². The molecule has 0 radical (unpaired) electrons. The Kier molecular flexibility index (Phi) is 3.00. The van der Waals surface area contributed by atoms with Gasteiger partial charge in [-0.2, -0.15) is 9.36 Å². The topological polar surface area (TPSA) is 52.7 Å². The van der Waals surface area contributed by atoms with Crippen LogP contribution in [0.2, 0.25) is 0 Å². The Morgan fingerprint density at radius 2 is 1.95 bits per heavy atom. The summed E-state index contributed by atoms with van der Waals surface area (Å²) in [6.45, 7) is 2.47. The summed E-state index contributed by atoms with van der Waals surface area (Å²) in [5.41, 5.74) is 2.01. The molecule has 0 amide bonds. The van der Waals surface area contributed by atoms with Crippen LogP contribution in [0.15, 0.2) is 46.6 Å². The summed E-state index contributed by atoms with van der Waals surface area (Å²) < 4.78 is 2.68. The van der Waals surface area contributed by atoms with Crippen molar-refractivity contribution in [3.8, 4) is 5.00 Å². The zero-order chi connectivity index (χ0) is 13.2. The van der Waals surface area contributed by atoms with Crippen LogP contribution in [0, 0.1) is 6.92 Å². The van der Waals surface area contributed by atoms with E-state index in [1.54, 1.807) is 0 Å². The molecule has 0 fully saturated rings. The molecule has 0 aliphatic heterocycles. The molecule has 19 heavy (non-hydrogen) atoms. The molecule has 3 aromatic rings. The summed E-state index contributed by atoms with van der Waals surface area (Å²) in [7, 11) is 0. The van der Waals surface area contributed by atoms with Crippen LogP contribution < -0.4 is 5.69 Å². The number of nitrogens with zero attached hydrogens (tertiary/aromatic N) is 4. The maximum atomic E-state index is 12.1. The normalized spacial score (nSPS) is 10.8. The van der Waals surface area contributed by atoms with Gasteiger partial charge in [0.15, 0.2) is 0 Å². The van der Waals surface area contributed by atoms with Gasteiger partial charge in [0.25, 0.3) is 0 Å². The van der Waals surface area contributed by atoms with E-state index in [9.17, 15) is 4.79 Å². The van der Waals surface area contributed by atoms with Crippen LogP contribution >= 0.6 is 11.3 Å². The smallest absolute Gasteiger partial charge is 0.244 e. The highest BCUT2D eigenvalue weighted by atomic mass is 32.1. The first-order chi connectivity index (χ1) is 9.24. The van der Waals surface area contributed by atoms with Crippen molar-refractivity contribution in [3.05, 3.63) is 63.4 Å².